The molecule has 1 aliphatic rings. The van der Waals surface area contributed by atoms with Crippen LogP contribution < -0.4 is 11.3 Å². The van der Waals surface area contributed by atoms with E-state index < -0.39 is 5.82 Å². The van der Waals surface area contributed by atoms with Crippen molar-refractivity contribution in [3.8, 4) is 0 Å². The molecule has 0 amide bonds. The molecule has 0 radical (unpaired) electrons. The van der Waals surface area contributed by atoms with Gasteiger partial charge in [0.2, 0.25) is 0 Å². The van der Waals surface area contributed by atoms with E-state index in [1.807, 2.05) is 0 Å². The minimum absolute atomic E-state index is 0.0917. The van der Waals surface area contributed by atoms with E-state index in [-0.39, 0.29) is 11.1 Å². The molecule has 1 aliphatic carbocycles. The molecule has 3 rings (SSSR count). The highest BCUT2D eigenvalue weighted by atomic mass is 79.9. The molecular weight excluding hydrogens is 375 g/mol. The van der Waals surface area contributed by atoms with Crippen LogP contribution in [0.3, 0.4) is 0 Å². The number of aryl methyl sites for hydroxylation is 2. The number of hydrazine groups is 1. The Bertz CT molecular complexity index is 650. The molecule has 0 aliphatic heterocycles. The minimum Gasteiger partial charge on any atom is -0.271 e. The maximum absolute atomic E-state index is 14.4. The Labute approximate surface area is 140 Å². The lowest BCUT2D eigenvalue weighted by molar-refractivity contribution is 0.563. The molecule has 1 unspecified atom stereocenters. The average molecular weight is 390 g/mol. The van der Waals surface area contributed by atoms with E-state index in [1.165, 1.54) is 23.3 Å². The number of rotatable bonds is 3. The first-order valence-corrected chi connectivity index (χ1v) is 8.81. The largest absolute Gasteiger partial charge is 0.271 e. The summed E-state index contributed by atoms with van der Waals surface area (Å²) in [6, 6.07) is 5.25. The summed E-state index contributed by atoms with van der Waals surface area (Å²) in [6.45, 7) is 0. The molecule has 1 aromatic carbocycles. The number of nitrogens with one attached hydrogen (secondary N) is 1. The van der Waals surface area contributed by atoms with Crippen LogP contribution in [-0.2, 0) is 12.8 Å². The number of benzene rings is 1. The van der Waals surface area contributed by atoms with Crippen molar-refractivity contribution < 1.29 is 4.39 Å². The molecule has 3 N–H and O–H groups in total. The predicted octanol–water partition coefficient (Wildman–Crippen LogP) is 4.73. The van der Waals surface area contributed by atoms with Crippen LogP contribution in [0.4, 0.5) is 4.39 Å². The molecule has 0 saturated carbocycles. The predicted molar refractivity (Wildman–Crippen MR) is 89.2 cm³/mol. The number of thiophene rings is 1. The lowest BCUT2D eigenvalue weighted by atomic mass is 9.98. The van der Waals surface area contributed by atoms with Crippen LogP contribution in [-0.4, -0.2) is 0 Å². The monoisotopic (exact) mass is 388 g/mol. The van der Waals surface area contributed by atoms with E-state index in [1.54, 1.807) is 23.5 Å². The molecule has 6 heteroatoms. The van der Waals surface area contributed by atoms with Gasteiger partial charge in [0.05, 0.1) is 11.1 Å². The summed E-state index contributed by atoms with van der Waals surface area (Å²) in [7, 11) is 0. The lowest BCUT2D eigenvalue weighted by Crippen LogP contribution is -2.29. The van der Waals surface area contributed by atoms with E-state index >= 15 is 0 Å². The third-order valence-electron chi connectivity index (χ3n) is 3.84. The van der Waals surface area contributed by atoms with Crippen molar-refractivity contribution in [2.45, 2.75) is 31.7 Å². The second-order valence-corrected chi connectivity index (χ2v) is 7.57. The van der Waals surface area contributed by atoms with E-state index in [4.69, 9.17) is 17.4 Å². The fraction of sp³-hybridized carbons (Fsp3) is 0.333. The zero-order valence-corrected chi connectivity index (χ0v) is 14.4. The van der Waals surface area contributed by atoms with Gasteiger partial charge in [-0.05, 0) is 59.3 Å². The Kier molecular flexibility index (Phi) is 4.66. The smallest absolute Gasteiger partial charge is 0.148 e. The molecular formula is C15H15BrClFN2S. The standard InChI is InChI=1S/C15H15BrClFN2S/c16-10-6-5-9(14(18)13(10)17)15(20-19)12-7-8-3-1-2-4-11(8)21-12/h5-7,15,20H,1-4,19H2. The number of nitrogens with two attached hydrogens (primary N) is 1. The molecule has 1 heterocycles. The first-order chi connectivity index (χ1) is 10.1. The molecule has 0 spiro atoms. The van der Waals surface area contributed by atoms with Crippen molar-refractivity contribution in [1.29, 1.82) is 0 Å². The van der Waals surface area contributed by atoms with Gasteiger partial charge >= 0.3 is 0 Å². The van der Waals surface area contributed by atoms with Crippen molar-refractivity contribution in [3.63, 3.8) is 0 Å². The van der Waals surface area contributed by atoms with Gasteiger partial charge in [0.25, 0.3) is 0 Å². The Hall–Kier alpha value is -0.460. The van der Waals surface area contributed by atoms with E-state index in [0.29, 0.717) is 10.0 Å². The number of hydrogen-bond acceptors (Lipinski definition) is 3. The van der Waals surface area contributed by atoms with Crippen molar-refractivity contribution >= 4 is 38.9 Å². The van der Waals surface area contributed by atoms with Gasteiger partial charge in [0.1, 0.15) is 5.82 Å². The third kappa shape index (κ3) is 2.90. The normalized spacial score (nSPS) is 15.8. The molecule has 1 atom stereocenters. The highest BCUT2D eigenvalue weighted by Gasteiger charge is 2.23. The van der Waals surface area contributed by atoms with Gasteiger partial charge in [0, 0.05) is 19.8 Å². The summed E-state index contributed by atoms with van der Waals surface area (Å²) in [5.41, 5.74) is 4.58. The summed E-state index contributed by atoms with van der Waals surface area (Å²) in [5, 5.41) is 0.0917. The molecule has 2 aromatic rings. The quantitative estimate of drug-likeness (QED) is 0.452. The maximum atomic E-state index is 14.4. The molecule has 112 valence electrons. The SMILES string of the molecule is NNC(c1cc2c(s1)CCCC2)c1ccc(Br)c(Cl)c1F. The Morgan fingerprint density at radius 2 is 2.10 bits per heavy atom. The summed E-state index contributed by atoms with van der Waals surface area (Å²) in [6.07, 6.45) is 4.67. The van der Waals surface area contributed by atoms with Gasteiger partial charge in [-0.1, -0.05) is 17.7 Å². The van der Waals surface area contributed by atoms with Crippen LogP contribution in [0.25, 0.3) is 0 Å². The van der Waals surface area contributed by atoms with Gasteiger partial charge in [-0.2, -0.15) is 0 Å². The average Bonchev–Trinajstić information content (AvgIpc) is 2.91. The molecule has 2 nitrogen and oxygen atoms in total. The number of halogens is 3. The second-order valence-electron chi connectivity index (χ2n) is 5.17. The molecule has 0 saturated heterocycles. The lowest BCUT2D eigenvalue weighted by Gasteiger charge is -2.16. The van der Waals surface area contributed by atoms with Crippen molar-refractivity contribution in [2.75, 3.05) is 0 Å². The molecule has 0 bridgehead atoms. The van der Waals surface area contributed by atoms with Crippen LogP contribution in [0.1, 0.15) is 39.8 Å². The Morgan fingerprint density at radius 1 is 1.33 bits per heavy atom. The van der Waals surface area contributed by atoms with Gasteiger partial charge < -0.3 is 0 Å². The van der Waals surface area contributed by atoms with Crippen LogP contribution in [0, 0.1) is 5.82 Å². The third-order valence-corrected chi connectivity index (χ3v) is 6.40. The molecule has 21 heavy (non-hydrogen) atoms. The van der Waals surface area contributed by atoms with Crippen molar-refractivity contribution in [1.82, 2.24) is 5.43 Å². The van der Waals surface area contributed by atoms with Crippen molar-refractivity contribution in [3.05, 3.63) is 54.4 Å². The van der Waals surface area contributed by atoms with Crippen LogP contribution in [0.5, 0.6) is 0 Å². The zero-order valence-electron chi connectivity index (χ0n) is 11.3. The van der Waals surface area contributed by atoms with Crippen LogP contribution >= 0.6 is 38.9 Å². The van der Waals surface area contributed by atoms with Gasteiger partial charge in [0.15, 0.2) is 0 Å². The van der Waals surface area contributed by atoms with E-state index in [9.17, 15) is 4.39 Å². The summed E-state index contributed by atoms with van der Waals surface area (Å²) in [5.74, 6) is 5.26. The fourth-order valence-corrected chi connectivity index (χ4v) is 4.56. The van der Waals surface area contributed by atoms with E-state index in [0.717, 1.165) is 17.7 Å². The topological polar surface area (TPSA) is 38.0 Å². The maximum Gasteiger partial charge on any atom is 0.148 e. The van der Waals surface area contributed by atoms with Crippen LogP contribution in [0.15, 0.2) is 22.7 Å². The van der Waals surface area contributed by atoms with E-state index in [2.05, 4.69) is 27.4 Å². The fourth-order valence-electron chi connectivity index (χ4n) is 2.74. The second kappa shape index (κ2) is 6.34. The summed E-state index contributed by atoms with van der Waals surface area (Å²) < 4.78 is 15.0. The molecule has 0 fully saturated rings. The van der Waals surface area contributed by atoms with Crippen LogP contribution in [0.2, 0.25) is 5.02 Å². The minimum atomic E-state index is -0.430. The highest BCUT2D eigenvalue weighted by molar-refractivity contribution is 9.10. The number of fused-ring (bicyclic) bond motifs is 1. The first kappa shape index (κ1) is 15.4. The van der Waals surface area contributed by atoms with Gasteiger partial charge in [-0.25, -0.2) is 9.82 Å². The Balaban J connectivity index is 2.02. The number of hydrogen-bond donors (Lipinski definition) is 2. The highest BCUT2D eigenvalue weighted by Crippen LogP contribution is 2.38. The summed E-state index contributed by atoms with van der Waals surface area (Å²) >= 11 is 10.9. The molecule has 1 aromatic heterocycles. The summed E-state index contributed by atoms with van der Waals surface area (Å²) in [4.78, 5) is 2.45. The zero-order chi connectivity index (χ0) is 15.0. The first-order valence-electron chi connectivity index (χ1n) is 6.83. The Morgan fingerprint density at radius 3 is 2.81 bits per heavy atom. The van der Waals surface area contributed by atoms with Gasteiger partial charge in [-0.15, -0.1) is 11.3 Å². The van der Waals surface area contributed by atoms with Gasteiger partial charge in [-0.3, -0.25) is 5.84 Å². The van der Waals surface area contributed by atoms with Crippen molar-refractivity contribution in [2.24, 2.45) is 5.84 Å².